The summed E-state index contributed by atoms with van der Waals surface area (Å²) in [5.74, 6) is 1.83. The second kappa shape index (κ2) is 12.3. The first-order chi connectivity index (χ1) is 13.1. The van der Waals surface area contributed by atoms with E-state index < -0.39 is 0 Å². The summed E-state index contributed by atoms with van der Waals surface area (Å²) in [6.07, 6.45) is 5.16. The van der Waals surface area contributed by atoms with E-state index in [9.17, 15) is 4.79 Å². The minimum absolute atomic E-state index is 0.302. The molecule has 1 fully saturated rings. The number of ether oxygens (including phenoxy) is 1. The van der Waals surface area contributed by atoms with Crippen LogP contribution in [0.5, 0.6) is 5.75 Å². The first-order valence-electron chi connectivity index (χ1n) is 10.5. The maximum Gasteiger partial charge on any atom is 0.343 e. The number of rotatable bonds is 3. The van der Waals surface area contributed by atoms with Crippen molar-refractivity contribution in [1.29, 1.82) is 0 Å². The zero-order chi connectivity index (χ0) is 20.2. The number of aryl methyl sites for hydroxylation is 1. The van der Waals surface area contributed by atoms with E-state index in [2.05, 4.69) is 19.1 Å². The lowest BCUT2D eigenvalue weighted by molar-refractivity contribution is 0.0734. The Morgan fingerprint density at radius 2 is 1.33 bits per heavy atom. The van der Waals surface area contributed by atoms with E-state index in [-0.39, 0.29) is 5.97 Å². The molecule has 0 bridgehead atoms. The maximum atomic E-state index is 12.1. The molecule has 0 amide bonds. The summed E-state index contributed by atoms with van der Waals surface area (Å²) in [5, 5.41) is 0. The van der Waals surface area contributed by atoms with E-state index >= 15 is 0 Å². The van der Waals surface area contributed by atoms with Crippen LogP contribution in [-0.4, -0.2) is 5.97 Å². The fourth-order valence-electron chi connectivity index (χ4n) is 3.26. The fourth-order valence-corrected chi connectivity index (χ4v) is 3.26. The highest BCUT2D eigenvalue weighted by atomic mass is 16.5. The molecule has 0 spiro atoms. The molecule has 0 radical (unpaired) electrons. The number of carbonyl (C=O) groups is 1. The molecule has 1 aliphatic carbocycles. The van der Waals surface area contributed by atoms with Crippen molar-refractivity contribution in [2.75, 3.05) is 0 Å². The second-order valence-corrected chi connectivity index (χ2v) is 6.78. The minimum Gasteiger partial charge on any atom is -0.423 e. The van der Waals surface area contributed by atoms with Gasteiger partial charge in [-0.3, -0.25) is 0 Å². The highest BCUT2D eigenvalue weighted by molar-refractivity contribution is 5.91. The third-order valence-electron chi connectivity index (χ3n) is 4.87. The summed E-state index contributed by atoms with van der Waals surface area (Å²) in [4.78, 5) is 12.1. The highest BCUT2D eigenvalue weighted by Crippen LogP contribution is 2.35. The van der Waals surface area contributed by atoms with Crippen LogP contribution in [0.25, 0.3) is 0 Å². The predicted molar refractivity (Wildman–Crippen MR) is 116 cm³/mol. The van der Waals surface area contributed by atoms with E-state index in [1.165, 1.54) is 31.2 Å². The number of esters is 1. The van der Waals surface area contributed by atoms with Crippen LogP contribution in [0, 0.1) is 12.8 Å². The molecule has 148 valence electrons. The van der Waals surface area contributed by atoms with E-state index in [1.807, 2.05) is 58.9 Å². The van der Waals surface area contributed by atoms with Crippen LogP contribution >= 0.6 is 0 Å². The molecule has 2 nitrogen and oxygen atoms in total. The summed E-state index contributed by atoms with van der Waals surface area (Å²) < 4.78 is 5.46. The molecule has 3 rings (SSSR count). The van der Waals surface area contributed by atoms with Gasteiger partial charge in [-0.2, -0.15) is 0 Å². The Bertz CT molecular complexity index is 648. The van der Waals surface area contributed by atoms with Gasteiger partial charge in [0.15, 0.2) is 0 Å². The van der Waals surface area contributed by atoms with Gasteiger partial charge in [0.05, 0.1) is 5.56 Å². The topological polar surface area (TPSA) is 26.3 Å². The van der Waals surface area contributed by atoms with E-state index in [0.717, 1.165) is 11.5 Å². The molecular weight excluding hydrogens is 332 g/mol. The van der Waals surface area contributed by atoms with Crippen LogP contribution in [0.15, 0.2) is 48.5 Å². The third-order valence-corrected chi connectivity index (χ3v) is 4.87. The van der Waals surface area contributed by atoms with Gasteiger partial charge in [-0.05, 0) is 61.4 Å². The minimum atomic E-state index is -0.302. The SMILES string of the molecule is CC.CC.Cc1ccc(C(=O)Oc2ccc(C3CCC(C)CC3)cc2)cc1. The maximum absolute atomic E-state index is 12.1. The summed E-state index contributed by atoms with van der Waals surface area (Å²) in [6, 6.07) is 15.5. The highest BCUT2D eigenvalue weighted by Gasteiger charge is 2.19. The van der Waals surface area contributed by atoms with Gasteiger partial charge in [0.1, 0.15) is 5.75 Å². The molecule has 0 atom stereocenters. The van der Waals surface area contributed by atoms with Crippen LogP contribution in [0.3, 0.4) is 0 Å². The van der Waals surface area contributed by atoms with Crippen molar-refractivity contribution in [3.05, 3.63) is 65.2 Å². The number of hydrogen-bond donors (Lipinski definition) is 0. The Morgan fingerprint density at radius 1 is 0.815 bits per heavy atom. The van der Waals surface area contributed by atoms with Crippen LogP contribution in [0.4, 0.5) is 0 Å². The smallest absolute Gasteiger partial charge is 0.343 e. The molecule has 27 heavy (non-hydrogen) atoms. The third kappa shape index (κ3) is 7.21. The first-order valence-corrected chi connectivity index (χ1v) is 10.5. The van der Waals surface area contributed by atoms with Gasteiger partial charge in [-0.1, -0.05) is 77.3 Å². The van der Waals surface area contributed by atoms with Crippen LogP contribution in [0.1, 0.15) is 87.7 Å². The Hall–Kier alpha value is -2.09. The van der Waals surface area contributed by atoms with Crippen molar-refractivity contribution in [2.24, 2.45) is 5.92 Å². The summed E-state index contributed by atoms with van der Waals surface area (Å²) >= 11 is 0. The van der Waals surface area contributed by atoms with Crippen molar-refractivity contribution in [3.63, 3.8) is 0 Å². The Labute approximate surface area is 166 Å². The molecule has 0 aromatic heterocycles. The molecule has 0 N–H and O–H groups in total. The average Bonchev–Trinajstić information content (AvgIpc) is 2.73. The molecule has 0 heterocycles. The van der Waals surface area contributed by atoms with Gasteiger partial charge in [-0.15, -0.1) is 0 Å². The second-order valence-electron chi connectivity index (χ2n) is 6.78. The quantitative estimate of drug-likeness (QED) is 0.412. The summed E-state index contributed by atoms with van der Waals surface area (Å²) in [6.45, 7) is 12.3. The normalized spacial score (nSPS) is 18.3. The molecule has 0 aliphatic heterocycles. The lowest BCUT2D eigenvalue weighted by Crippen LogP contribution is -2.11. The standard InChI is InChI=1S/C21H24O2.2C2H6/c1-15-3-7-17(8-4-15)18-11-13-20(14-12-18)23-21(22)19-9-5-16(2)6-10-19;2*1-2/h5-6,9-15,17H,3-4,7-8H2,1-2H3;2*1-2H3. The van der Waals surface area contributed by atoms with Gasteiger partial charge in [-0.25, -0.2) is 4.79 Å². The van der Waals surface area contributed by atoms with Gasteiger partial charge >= 0.3 is 5.97 Å². The van der Waals surface area contributed by atoms with E-state index in [4.69, 9.17) is 4.74 Å². The number of hydrogen-bond acceptors (Lipinski definition) is 2. The zero-order valence-electron chi connectivity index (χ0n) is 17.9. The van der Waals surface area contributed by atoms with Crippen molar-refractivity contribution < 1.29 is 9.53 Å². The van der Waals surface area contributed by atoms with Crippen molar-refractivity contribution in [1.82, 2.24) is 0 Å². The largest absolute Gasteiger partial charge is 0.423 e. The van der Waals surface area contributed by atoms with Crippen molar-refractivity contribution in [2.45, 2.75) is 73.1 Å². The Balaban J connectivity index is 0.000000855. The monoisotopic (exact) mass is 368 g/mol. The summed E-state index contributed by atoms with van der Waals surface area (Å²) in [7, 11) is 0. The first kappa shape index (κ1) is 23.0. The van der Waals surface area contributed by atoms with Crippen molar-refractivity contribution in [3.8, 4) is 5.75 Å². The molecule has 1 aliphatic rings. The van der Waals surface area contributed by atoms with Gasteiger partial charge < -0.3 is 4.74 Å². The van der Waals surface area contributed by atoms with E-state index in [0.29, 0.717) is 17.2 Å². The number of benzene rings is 2. The van der Waals surface area contributed by atoms with E-state index in [1.54, 1.807) is 12.1 Å². The van der Waals surface area contributed by atoms with Crippen LogP contribution < -0.4 is 4.74 Å². The summed E-state index contributed by atoms with van der Waals surface area (Å²) in [5.41, 5.74) is 3.08. The van der Waals surface area contributed by atoms with Crippen molar-refractivity contribution >= 4 is 5.97 Å². The van der Waals surface area contributed by atoms with Gasteiger partial charge in [0.25, 0.3) is 0 Å². The molecule has 1 saturated carbocycles. The molecule has 0 unspecified atom stereocenters. The molecular formula is C25H36O2. The van der Waals surface area contributed by atoms with Gasteiger partial charge in [0.2, 0.25) is 0 Å². The lowest BCUT2D eigenvalue weighted by atomic mass is 9.79. The Morgan fingerprint density at radius 3 is 1.85 bits per heavy atom. The van der Waals surface area contributed by atoms with Crippen LogP contribution in [-0.2, 0) is 0 Å². The average molecular weight is 369 g/mol. The number of carbonyl (C=O) groups excluding carboxylic acids is 1. The predicted octanol–water partition coefficient (Wildman–Crippen LogP) is 7.56. The molecule has 0 saturated heterocycles. The van der Waals surface area contributed by atoms with Gasteiger partial charge in [0, 0.05) is 0 Å². The molecule has 2 heteroatoms. The van der Waals surface area contributed by atoms with Crippen LogP contribution in [0.2, 0.25) is 0 Å². The Kier molecular flexibility index (Phi) is 10.5. The molecule has 2 aromatic carbocycles. The molecule has 2 aromatic rings. The zero-order valence-corrected chi connectivity index (χ0v) is 17.9. The fraction of sp³-hybridized carbons (Fsp3) is 0.480. The lowest BCUT2D eigenvalue weighted by Gasteiger charge is -2.26.